The first-order chi connectivity index (χ1) is 10.8. The van der Waals surface area contributed by atoms with Crippen molar-refractivity contribution in [1.82, 2.24) is 10.2 Å². The fourth-order valence-electron chi connectivity index (χ4n) is 4.37. The summed E-state index contributed by atoms with van der Waals surface area (Å²) in [7, 11) is 0. The predicted molar refractivity (Wildman–Crippen MR) is 89.5 cm³/mol. The van der Waals surface area contributed by atoms with E-state index in [2.05, 4.69) is 12.2 Å². The highest BCUT2D eigenvalue weighted by Crippen LogP contribution is 2.38. The maximum atomic E-state index is 12.5. The van der Waals surface area contributed by atoms with Crippen molar-refractivity contribution in [3.8, 4) is 0 Å². The number of carbonyl (C=O) groups excluding carboxylic acids is 1. The maximum Gasteiger partial charge on any atom is 0.410 e. The third-order valence-corrected chi connectivity index (χ3v) is 5.49. The molecule has 0 aromatic rings. The third-order valence-electron chi connectivity index (χ3n) is 5.49. The summed E-state index contributed by atoms with van der Waals surface area (Å²) in [5, 5.41) is 3.88. The molecule has 2 bridgehead atoms. The first-order valence-corrected chi connectivity index (χ1v) is 9.12. The second-order valence-electron chi connectivity index (χ2n) is 8.76. The first-order valence-electron chi connectivity index (χ1n) is 9.12. The van der Waals surface area contributed by atoms with Crippen LogP contribution in [0.5, 0.6) is 0 Å². The van der Waals surface area contributed by atoms with Crippen molar-refractivity contribution in [3.05, 3.63) is 0 Å². The van der Waals surface area contributed by atoms with Crippen LogP contribution in [0.3, 0.4) is 0 Å². The molecule has 3 heterocycles. The molecule has 0 aliphatic carbocycles. The summed E-state index contributed by atoms with van der Waals surface area (Å²) in [6.07, 6.45) is 6.35. The quantitative estimate of drug-likeness (QED) is 0.848. The summed E-state index contributed by atoms with van der Waals surface area (Å²) in [5.74, 6) is 0. The molecule has 3 aliphatic rings. The fraction of sp³-hybridized carbons (Fsp3) is 0.944. The van der Waals surface area contributed by atoms with Gasteiger partial charge < -0.3 is 19.7 Å². The summed E-state index contributed by atoms with van der Waals surface area (Å²) < 4.78 is 11.1. The van der Waals surface area contributed by atoms with Crippen LogP contribution in [0.2, 0.25) is 0 Å². The molecule has 0 aromatic carbocycles. The molecular weight excluding hydrogens is 292 g/mol. The van der Waals surface area contributed by atoms with E-state index in [1.54, 1.807) is 0 Å². The van der Waals surface area contributed by atoms with Crippen molar-refractivity contribution in [2.24, 2.45) is 0 Å². The minimum Gasteiger partial charge on any atom is -0.444 e. The number of ether oxygens (including phenoxy) is 2. The van der Waals surface area contributed by atoms with Gasteiger partial charge in [-0.15, -0.1) is 0 Å². The second kappa shape index (κ2) is 6.25. The Hall–Kier alpha value is -0.810. The maximum absolute atomic E-state index is 12.5. The molecule has 3 atom stereocenters. The highest BCUT2D eigenvalue weighted by Gasteiger charge is 2.46. The first kappa shape index (κ1) is 17.0. The van der Waals surface area contributed by atoms with E-state index in [1.165, 1.54) is 0 Å². The van der Waals surface area contributed by atoms with Crippen molar-refractivity contribution in [2.75, 3.05) is 13.2 Å². The van der Waals surface area contributed by atoms with Gasteiger partial charge in [0, 0.05) is 36.9 Å². The summed E-state index contributed by atoms with van der Waals surface area (Å²) >= 11 is 0. The van der Waals surface area contributed by atoms with Gasteiger partial charge >= 0.3 is 6.09 Å². The molecule has 1 amide bonds. The topological polar surface area (TPSA) is 50.8 Å². The molecule has 5 heteroatoms. The van der Waals surface area contributed by atoms with Gasteiger partial charge in [-0.05, 0) is 66.2 Å². The summed E-state index contributed by atoms with van der Waals surface area (Å²) in [5.41, 5.74) is -0.225. The highest BCUT2D eigenvalue weighted by atomic mass is 16.6. The van der Waals surface area contributed by atoms with Crippen molar-refractivity contribution in [1.29, 1.82) is 0 Å². The number of nitrogens with one attached hydrogen (secondary N) is 1. The van der Waals surface area contributed by atoms with Gasteiger partial charge in [-0.2, -0.15) is 0 Å². The van der Waals surface area contributed by atoms with Crippen LogP contribution >= 0.6 is 0 Å². The van der Waals surface area contributed by atoms with E-state index >= 15 is 0 Å². The smallest absolute Gasteiger partial charge is 0.410 e. The zero-order valence-electron chi connectivity index (χ0n) is 15.1. The lowest BCUT2D eigenvalue weighted by atomic mass is 9.88. The SMILES string of the molecule is CC1(NC2C[C@H]3CC[C@@H](C2)N3C(=O)OC(C)(C)C)CCOCC1. The van der Waals surface area contributed by atoms with E-state index in [9.17, 15) is 4.79 Å². The Kier molecular flexibility index (Phi) is 4.62. The Bertz CT molecular complexity index is 426. The zero-order chi connectivity index (χ0) is 16.7. The lowest BCUT2D eigenvalue weighted by Gasteiger charge is -2.44. The molecule has 1 N–H and O–H groups in total. The molecule has 3 aliphatic heterocycles. The zero-order valence-corrected chi connectivity index (χ0v) is 15.1. The Morgan fingerprint density at radius 1 is 1.17 bits per heavy atom. The van der Waals surface area contributed by atoms with Gasteiger partial charge in [0.25, 0.3) is 0 Å². The number of amides is 1. The Morgan fingerprint density at radius 2 is 1.74 bits per heavy atom. The largest absolute Gasteiger partial charge is 0.444 e. The molecule has 0 spiro atoms. The molecule has 5 nitrogen and oxygen atoms in total. The van der Waals surface area contributed by atoms with E-state index in [4.69, 9.17) is 9.47 Å². The van der Waals surface area contributed by atoms with Crippen molar-refractivity contribution >= 4 is 6.09 Å². The van der Waals surface area contributed by atoms with Crippen molar-refractivity contribution in [2.45, 2.75) is 95.5 Å². The van der Waals surface area contributed by atoms with E-state index in [-0.39, 0.29) is 11.6 Å². The Balaban J connectivity index is 1.59. The van der Waals surface area contributed by atoms with E-state index < -0.39 is 5.60 Å². The van der Waals surface area contributed by atoms with Crippen LogP contribution in [0, 0.1) is 0 Å². The normalized spacial score (nSPS) is 33.6. The van der Waals surface area contributed by atoms with Gasteiger partial charge in [-0.1, -0.05) is 0 Å². The number of piperidine rings is 1. The molecule has 3 saturated heterocycles. The Labute approximate surface area is 140 Å². The molecule has 23 heavy (non-hydrogen) atoms. The summed E-state index contributed by atoms with van der Waals surface area (Å²) in [6.45, 7) is 9.84. The monoisotopic (exact) mass is 324 g/mol. The molecule has 132 valence electrons. The van der Waals surface area contributed by atoms with Gasteiger partial charge in [0.05, 0.1) is 0 Å². The number of hydrogen-bond acceptors (Lipinski definition) is 4. The number of nitrogens with zero attached hydrogens (tertiary/aromatic N) is 1. The van der Waals surface area contributed by atoms with Gasteiger partial charge in [-0.25, -0.2) is 4.79 Å². The van der Waals surface area contributed by atoms with Crippen LogP contribution in [-0.2, 0) is 9.47 Å². The summed E-state index contributed by atoms with van der Waals surface area (Å²) in [6, 6.07) is 1.18. The van der Waals surface area contributed by atoms with Crippen LogP contribution < -0.4 is 5.32 Å². The lowest BCUT2D eigenvalue weighted by molar-refractivity contribution is -0.000718. The third kappa shape index (κ3) is 4.00. The second-order valence-corrected chi connectivity index (χ2v) is 8.76. The Morgan fingerprint density at radius 3 is 2.26 bits per heavy atom. The average Bonchev–Trinajstić information content (AvgIpc) is 2.69. The fourth-order valence-corrected chi connectivity index (χ4v) is 4.37. The molecule has 1 unspecified atom stereocenters. The van der Waals surface area contributed by atoms with Gasteiger partial charge in [0.2, 0.25) is 0 Å². The standard InChI is InChI=1S/C18H32N2O3/c1-17(2,3)23-16(21)20-14-5-6-15(20)12-13(11-14)19-18(4)7-9-22-10-8-18/h13-15,19H,5-12H2,1-4H3/t13?,14-,15+. The van der Waals surface area contributed by atoms with Crippen LogP contribution in [0.25, 0.3) is 0 Å². The van der Waals surface area contributed by atoms with Gasteiger partial charge in [0.15, 0.2) is 0 Å². The lowest BCUT2D eigenvalue weighted by Crippen LogP contribution is -2.58. The molecule has 0 radical (unpaired) electrons. The van der Waals surface area contributed by atoms with E-state index in [0.717, 1.165) is 51.7 Å². The van der Waals surface area contributed by atoms with Crippen molar-refractivity contribution in [3.63, 3.8) is 0 Å². The van der Waals surface area contributed by atoms with Crippen LogP contribution in [0.1, 0.15) is 66.2 Å². The molecular formula is C18H32N2O3. The minimum atomic E-state index is -0.415. The summed E-state index contributed by atoms with van der Waals surface area (Å²) in [4.78, 5) is 14.5. The minimum absolute atomic E-state index is 0.124. The number of carbonyl (C=O) groups is 1. The van der Waals surface area contributed by atoms with Crippen LogP contribution in [-0.4, -0.2) is 53.5 Å². The van der Waals surface area contributed by atoms with Crippen molar-refractivity contribution < 1.29 is 14.3 Å². The molecule has 0 saturated carbocycles. The number of fused-ring (bicyclic) bond motifs is 2. The van der Waals surface area contributed by atoms with Gasteiger partial charge in [0.1, 0.15) is 5.60 Å². The number of hydrogen-bond donors (Lipinski definition) is 1. The van der Waals surface area contributed by atoms with E-state index in [0.29, 0.717) is 18.1 Å². The number of rotatable bonds is 2. The predicted octanol–water partition coefficient (Wildman–Crippen LogP) is 3.08. The molecule has 3 rings (SSSR count). The van der Waals surface area contributed by atoms with E-state index in [1.807, 2.05) is 25.7 Å². The van der Waals surface area contributed by atoms with Crippen LogP contribution in [0.4, 0.5) is 4.79 Å². The van der Waals surface area contributed by atoms with Crippen LogP contribution in [0.15, 0.2) is 0 Å². The molecule has 3 fully saturated rings. The van der Waals surface area contributed by atoms with Gasteiger partial charge in [-0.3, -0.25) is 0 Å². The average molecular weight is 324 g/mol. The molecule has 0 aromatic heterocycles. The highest BCUT2D eigenvalue weighted by molar-refractivity contribution is 5.69.